The lowest BCUT2D eigenvalue weighted by Crippen LogP contribution is -2.50. The third-order valence-corrected chi connectivity index (χ3v) is 16.9. The minimum Gasteiger partial charge on any atom is -0.481 e. The van der Waals surface area contributed by atoms with Crippen molar-refractivity contribution in [2.75, 3.05) is 21.7 Å². The summed E-state index contributed by atoms with van der Waals surface area (Å²) in [6, 6.07) is 4.61. The summed E-state index contributed by atoms with van der Waals surface area (Å²) in [7, 11) is -14.6. The second-order valence-corrected chi connectivity index (χ2v) is 24.5. The maximum Gasteiger partial charge on any atom is 0.433 e. The lowest BCUT2D eigenvalue weighted by Gasteiger charge is -2.37. The predicted molar refractivity (Wildman–Crippen MR) is 309 cm³/mol. The van der Waals surface area contributed by atoms with Crippen molar-refractivity contribution in [3.63, 3.8) is 0 Å². The fourth-order valence-corrected chi connectivity index (χ4v) is 12.5. The average molecular weight is 1360 g/mol. The Bertz CT molecular complexity index is 3720. The molecule has 4 aromatic rings. The Labute approximate surface area is 510 Å². The van der Waals surface area contributed by atoms with Crippen molar-refractivity contribution in [2.24, 2.45) is 36.3 Å². The summed E-state index contributed by atoms with van der Waals surface area (Å²) in [5.41, 5.74) is 3.20. The summed E-state index contributed by atoms with van der Waals surface area (Å²) in [4.78, 5) is 53.3. The molecule has 36 nitrogen and oxygen atoms in total. The molecule has 0 amide bonds. The summed E-state index contributed by atoms with van der Waals surface area (Å²) in [5.74, 6) is 5.98. The van der Waals surface area contributed by atoms with Crippen molar-refractivity contribution >= 4 is 147 Å². The number of hydrogen-bond donors (Lipinski definition) is 11. The van der Waals surface area contributed by atoms with Crippen LogP contribution >= 0.6 is 58.8 Å². The zero-order chi connectivity index (χ0) is 61.9. The van der Waals surface area contributed by atoms with E-state index in [1.807, 2.05) is 6.11 Å². The van der Waals surface area contributed by atoms with Gasteiger partial charge in [0.15, 0.2) is 11.3 Å². The number of benzene rings is 2. The van der Waals surface area contributed by atoms with Crippen LogP contribution in [0.1, 0.15) is 51.1 Å². The molecular formula is C42H48Cl2N16O20S6. The van der Waals surface area contributed by atoms with Crippen molar-refractivity contribution in [1.82, 2.24) is 29.9 Å². The molecule has 2 fully saturated rings. The smallest absolute Gasteiger partial charge is 0.433 e. The first-order chi connectivity index (χ1) is 40.5. The summed E-state index contributed by atoms with van der Waals surface area (Å²) in [6.07, 6.45) is 3.57. The average Bonchev–Trinajstić information content (AvgIpc) is 0.960. The number of azo groups is 2. The van der Waals surface area contributed by atoms with Gasteiger partial charge in [-0.2, -0.15) is 76.4 Å². The number of aliphatic carboxylic acids is 1. The van der Waals surface area contributed by atoms with Crippen LogP contribution in [0.3, 0.4) is 0 Å². The van der Waals surface area contributed by atoms with Crippen molar-refractivity contribution in [2.45, 2.75) is 95.7 Å². The Hall–Kier alpha value is -6.63. The van der Waals surface area contributed by atoms with Gasteiger partial charge in [-0.1, -0.05) is 28.6 Å². The quantitative estimate of drug-likeness (QED) is 0.00376. The van der Waals surface area contributed by atoms with E-state index in [9.17, 15) is 39.2 Å². The van der Waals surface area contributed by atoms with Gasteiger partial charge in [-0.05, 0) is 127 Å². The molecule has 2 heterocycles. The first-order valence-electron chi connectivity index (χ1n) is 23.4. The van der Waals surface area contributed by atoms with Crippen LogP contribution in [0.4, 0.5) is 34.9 Å². The van der Waals surface area contributed by atoms with E-state index >= 15 is 0 Å². The number of rotatable bonds is 24. The number of hydrogen-bond acceptors (Lipinski definition) is 34. The normalized spacial score (nSPS) is 20.5. The maximum atomic E-state index is 12.9. The number of thioether (sulfide) groups is 2. The molecule has 86 heavy (non-hydrogen) atoms. The lowest BCUT2D eigenvalue weighted by molar-refractivity contribution is -0.432. The standard InChI is InChI=1S/C42H42Cl2N16O17S6.H2O2.H2O.H2/c1-2-11-46-32-17-29(30(18-34(32)81(64,65)66)59-60-31-16-23(5-10-33(31)80-76-75-63)49-40-53-38(44)54-42(56-40)79-19-35(61)62)50-41-52-37(43)51-39(55-41)48-22-4-9-26(28(15-22)47-20-73-45)57-58-27-8-3-21-14-24(78-13-12-74-77-83(70,71)72)6-7-25(21)36(27)82(67,68)69;1-2;;/h4,6-7,9,14-15,20,23,29-34,63H,1,3,5,8,10,16-19,45H2,(H,61,62)(H,64,65,66)(H,67,68,69)(H,70,71,72)(H,49,53,54,56)(H2,48,50,51,52,55);1-2H;1H2;1H. The Balaban J connectivity index is 0.00000401. The van der Waals surface area contributed by atoms with E-state index in [0.29, 0.717) is 23.3 Å². The van der Waals surface area contributed by atoms with Crippen LogP contribution in [0.25, 0.3) is 4.91 Å². The van der Waals surface area contributed by atoms with E-state index in [1.165, 1.54) is 30.3 Å². The molecule has 0 bridgehead atoms. The third-order valence-electron chi connectivity index (χ3n) is 11.6. The first-order valence-corrected chi connectivity index (χ1v) is 31.1. The van der Waals surface area contributed by atoms with Crippen molar-refractivity contribution in [3.8, 4) is 11.4 Å². The maximum absolute atomic E-state index is 12.9. The number of aliphatic imine (C=N–C) groups is 2. The number of carbonyl (C=O) groups is 1. The van der Waals surface area contributed by atoms with Gasteiger partial charge in [0.05, 0.1) is 46.6 Å². The lowest BCUT2D eigenvalue weighted by atomic mass is 9.87. The van der Waals surface area contributed by atoms with E-state index in [0.717, 1.165) is 42.0 Å². The SMILES string of the molecule is C=C=C=NC1CC(Nc2nc(Cl)nc(Nc3ccc(N=NC4=C(S(=O)(=O)O)c5ccc(SC#COOS(=O)(=O)O)cc5CC4)c(N=CON)c3)n2)C(N=NC2CC(Nc3nc(Cl)nc(SCC(=O)O)n3)CCC2SOOO)CC1S(=O)(=O)O.O.OO.[HH]. The molecule has 14 N–H and O–H groups in total. The summed E-state index contributed by atoms with van der Waals surface area (Å²) >= 11 is 15.0. The molecular weight excluding hydrogens is 1310 g/mol. The van der Waals surface area contributed by atoms with Crippen LogP contribution in [-0.2, 0) is 65.3 Å². The van der Waals surface area contributed by atoms with Crippen molar-refractivity contribution in [3.05, 3.63) is 76.1 Å². The van der Waals surface area contributed by atoms with E-state index < -0.39 is 82.2 Å². The number of anilines is 4. The van der Waals surface area contributed by atoms with E-state index in [4.69, 9.17) is 58.9 Å². The van der Waals surface area contributed by atoms with Gasteiger partial charge in [-0.15, -0.1) is 9.45 Å². The number of nitrogens with two attached hydrogens (primary N) is 1. The molecule has 3 aliphatic carbocycles. The Morgan fingerprint density at radius 3 is 2.28 bits per heavy atom. The molecule has 7 rings (SSSR count). The number of aryl methyl sites for hydroxylation is 1. The minimum absolute atomic E-state index is 0. The highest BCUT2D eigenvalue weighted by Gasteiger charge is 2.44. The number of nitrogens with zero attached hydrogens (tertiary/aromatic N) is 12. The number of allylic oxidation sites excluding steroid dienone is 1. The molecule has 2 aromatic carbocycles. The van der Waals surface area contributed by atoms with Gasteiger partial charge >= 0.3 is 16.4 Å². The van der Waals surface area contributed by atoms with Crippen molar-refractivity contribution < 1.29 is 94.9 Å². The van der Waals surface area contributed by atoms with Crippen LogP contribution in [0.5, 0.6) is 0 Å². The third kappa shape index (κ3) is 21.4. The largest absolute Gasteiger partial charge is 0.481 e. The summed E-state index contributed by atoms with van der Waals surface area (Å²) in [5, 5.41) is 60.8. The monoisotopic (exact) mass is 1360 g/mol. The van der Waals surface area contributed by atoms with Crippen LogP contribution in [-0.4, -0.2) is 160 Å². The molecule has 7 atom stereocenters. The van der Waals surface area contributed by atoms with Gasteiger partial charge in [-0.25, -0.2) is 15.2 Å². The predicted octanol–water partition coefficient (Wildman–Crippen LogP) is 5.82. The molecule has 2 aromatic heterocycles. The van der Waals surface area contributed by atoms with Crippen LogP contribution in [0.15, 0.2) is 94.9 Å². The molecule has 0 saturated heterocycles. The van der Waals surface area contributed by atoms with E-state index in [1.54, 1.807) is 6.07 Å². The van der Waals surface area contributed by atoms with E-state index in [2.05, 4.69) is 119 Å². The minimum atomic E-state index is -4.90. The van der Waals surface area contributed by atoms with Gasteiger partial charge in [0.2, 0.25) is 34.8 Å². The highest BCUT2D eigenvalue weighted by Crippen LogP contribution is 2.40. The first kappa shape index (κ1) is 70.1. The van der Waals surface area contributed by atoms with Crippen LogP contribution in [0.2, 0.25) is 10.6 Å². The van der Waals surface area contributed by atoms with Crippen LogP contribution < -0.4 is 21.8 Å². The Kier molecular flexibility index (Phi) is 26.8. The number of nitrogens with one attached hydrogen (secondary N) is 3. The molecule has 0 spiro atoms. The number of aromatic nitrogens is 6. The van der Waals surface area contributed by atoms with Gasteiger partial charge in [0.25, 0.3) is 20.2 Å². The molecule has 0 radical (unpaired) electrons. The van der Waals surface area contributed by atoms with Gasteiger partial charge in [0, 0.05) is 46.8 Å². The number of carboxylic acid groups (broad SMARTS) is 1. The second-order valence-electron chi connectivity index (χ2n) is 17.1. The molecule has 2 saturated carbocycles. The second kappa shape index (κ2) is 32.9. The van der Waals surface area contributed by atoms with Gasteiger partial charge in [0.1, 0.15) is 15.8 Å². The molecule has 3 aliphatic rings. The van der Waals surface area contributed by atoms with E-state index in [-0.39, 0.29) is 107 Å². The van der Waals surface area contributed by atoms with Gasteiger partial charge in [-0.3, -0.25) is 33.9 Å². The molecule has 7 unspecified atom stereocenters. The topological polar surface area (TPSA) is 552 Å². The Morgan fingerprint density at radius 1 is 0.872 bits per heavy atom. The fraction of sp³-hybridized carbons (Fsp3) is 0.357. The summed E-state index contributed by atoms with van der Waals surface area (Å²) < 4.78 is 110. The Morgan fingerprint density at radius 2 is 1.59 bits per heavy atom. The molecule has 44 heteroatoms. The zero-order valence-electron chi connectivity index (χ0n) is 43.1. The molecule has 466 valence electrons. The summed E-state index contributed by atoms with van der Waals surface area (Å²) in [6.45, 7) is 3.44. The van der Waals surface area contributed by atoms with Crippen LogP contribution in [0, 0.1) is 11.4 Å². The number of fused-ring (bicyclic) bond motifs is 1. The highest BCUT2D eigenvalue weighted by atomic mass is 35.5. The number of halogens is 2. The highest BCUT2D eigenvalue weighted by molar-refractivity contribution is 8.04. The zero-order valence-corrected chi connectivity index (χ0v) is 49.5. The number of carboxylic acids is 1. The molecule has 0 aliphatic heterocycles. The van der Waals surface area contributed by atoms with Gasteiger partial charge < -0.3 is 31.4 Å². The van der Waals surface area contributed by atoms with Crippen molar-refractivity contribution in [1.29, 1.82) is 0 Å². The fourth-order valence-electron chi connectivity index (χ4n) is 8.37.